The van der Waals surface area contributed by atoms with E-state index in [1.807, 2.05) is 12.1 Å². The Labute approximate surface area is 160 Å². The molecule has 0 aliphatic heterocycles. The molecule has 3 heterocycles. The van der Waals surface area contributed by atoms with Crippen molar-refractivity contribution in [2.24, 2.45) is 0 Å². The maximum Gasteiger partial charge on any atom is 0.259 e. The van der Waals surface area contributed by atoms with Gasteiger partial charge >= 0.3 is 0 Å². The van der Waals surface area contributed by atoms with Crippen LogP contribution in [0.15, 0.2) is 55.0 Å². The molecule has 0 spiro atoms. The van der Waals surface area contributed by atoms with Gasteiger partial charge in [-0.15, -0.1) is 0 Å². The molecule has 0 aliphatic rings. The smallest absolute Gasteiger partial charge is 0.259 e. The number of amides is 1. The molecule has 136 valence electrons. The SMILES string of the molecule is CCCCc1ccc2nc(NC(=O)c3ccc(-n4cccn4)nc3)sc2c1. The molecule has 0 radical (unpaired) electrons. The molecule has 0 bridgehead atoms. The lowest BCUT2D eigenvalue weighted by molar-refractivity contribution is 0.102. The Morgan fingerprint density at radius 2 is 2.19 bits per heavy atom. The van der Waals surface area contributed by atoms with Crippen LogP contribution in [0.5, 0.6) is 0 Å². The van der Waals surface area contributed by atoms with E-state index in [0.29, 0.717) is 16.5 Å². The van der Waals surface area contributed by atoms with Crippen molar-refractivity contribution in [3.63, 3.8) is 0 Å². The zero-order valence-corrected chi connectivity index (χ0v) is 15.7. The first-order chi connectivity index (χ1) is 13.2. The number of pyridine rings is 1. The van der Waals surface area contributed by atoms with E-state index >= 15 is 0 Å². The second-order valence-corrected chi connectivity index (χ2v) is 7.27. The Morgan fingerprint density at radius 3 is 2.93 bits per heavy atom. The van der Waals surface area contributed by atoms with Gasteiger partial charge in [0.1, 0.15) is 0 Å². The summed E-state index contributed by atoms with van der Waals surface area (Å²) in [5.41, 5.74) is 2.70. The van der Waals surface area contributed by atoms with Gasteiger partial charge in [0.2, 0.25) is 0 Å². The molecule has 1 aromatic carbocycles. The number of fused-ring (bicyclic) bond motifs is 1. The number of thiazole rings is 1. The van der Waals surface area contributed by atoms with Gasteiger partial charge in [-0.25, -0.2) is 14.6 Å². The number of hydrogen-bond acceptors (Lipinski definition) is 5. The van der Waals surface area contributed by atoms with E-state index in [9.17, 15) is 4.79 Å². The molecule has 0 atom stereocenters. The maximum atomic E-state index is 12.5. The molecule has 0 fully saturated rings. The summed E-state index contributed by atoms with van der Waals surface area (Å²) < 4.78 is 2.73. The summed E-state index contributed by atoms with van der Waals surface area (Å²) in [6, 6.07) is 11.6. The molecule has 1 N–H and O–H groups in total. The summed E-state index contributed by atoms with van der Waals surface area (Å²) >= 11 is 1.49. The van der Waals surface area contributed by atoms with E-state index in [-0.39, 0.29) is 5.91 Å². The molecule has 27 heavy (non-hydrogen) atoms. The predicted octanol–water partition coefficient (Wildman–Crippen LogP) is 4.47. The molecule has 0 saturated carbocycles. The summed E-state index contributed by atoms with van der Waals surface area (Å²) in [4.78, 5) is 21.3. The molecular weight excluding hydrogens is 358 g/mol. The number of unbranched alkanes of at least 4 members (excludes halogenated alkanes) is 1. The molecule has 4 rings (SSSR count). The number of nitrogens with zero attached hydrogens (tertiary/aromatic N) is 4. The first-order valence-electron chi connectivity index (χ1n) is 8.90. The highest BCUT2D eigenvalue weighted by atomic mass is 32.1. The minimum absolute atomic E-state index is 0.222. The summed E-state index contributed by atoms with van der Waals surface area (Å²) in [6.07, 6.45) is 8.45. The quantitative estimate of drug-likeness (QED) is 0.538. The lowest BCUT2D eigenvalue weighted by atomic mass is 10.1. The molecule has 4 aromatic rings. The number of carbonyl (C=O) groups excluding carboxylic acids is 1. The van der Waals surface area contributed by atoms with Gasteiger partial charge in [-0.1, -0.05) is 30.7 Å². The van der Waals surface area contributed by atoms with Gasteiger partial charge in [0, 0.05) is 18.6 Å². The van der Waals surface area contributed by atoms with Gasteiger partial charge in [0.15, 0.2) is 10.9 Å². The van der Waals surface area contributed by atoms with Crippen molar-refractivity contribution < 1.29 is 4.79 Å². The molecule has 0 unspecified atom stereocenters. The van der Waals surface area contributed by atoms with Crippen molar-refractivity contribution in [3.8, 4) is 5.82 Å². The van der Waals surface area contributed by atoms with Crippen LogP contribution in [0.25, 0.3) is 16.0 Å². The lowest BCUT2D eigenvalue weighted by Crippen LogP contribution is -2.12. The standard InChI is InChI=1S/C20H19N5OS/c1-2-3-5-14-6-8-16-17(12-14)27-20(23-16)24-19(26)15-7-9-18(21-13-15)25-11-4-10-22-25/h4,6-13H,2-3,5H2,1H3,(H,23,24,26). The molecular formula is C20H19N5OS. The van der Waals surface area contributed by atoms with Crippen molar-refractivity contribution in [1.29, 1.82) is 0 Å². The predicted molar refractivity (Wildman–Crippen MR) is 108 cm³/mol. The first-order valence-corrected chi connectivity index (χ1v) is 9.71. The second-order valence-electron chi connectivity index (χ2n) is 6.23. The summed E-state index contributed by atoms with van der Waals surface area (Å²) in [5.74, 6) is 0.441. The van der Waals surface area contributed by atoms with E-state index in [1.54, 1.807) is 35.4 Å². The molecule has 7 heteroatoms. The molecule has 0 aliphatic carbocycles. The minimum Gasteiger partial charge on any atom is -0.298 e. The minimum atomic E-state index is -0.222. The Kier molecular flexibility index (Phi) is 4.93. The topological polar surface area (TPSA) is 72.7 Å². The zero-order chi connectivity index (χ0) is 18.6. The number of aryl methyl sites for hydroxylation is 1. The van der Waals surface area contributed by atoms with Gasteiger partial charge < -0.3 is 0 Å². The van der Waals surface area contributed by atoms with E-state index in [1.165, 1.54) is 29.7 Å². The lowest BCUT2D eigenvalue weighted by Gasteiger charge is -2.03. The zero-order valence-electron chi connectivity index (χ0n) is 14.9. The molecule has 3 aromatic heterocycles. The first kappa shape index (κ1) is 17.4. The number of rotatable bonds is 6. The monoisotopic (exact) mass is 377 g/mol. The van der Waals surface area contributed by atoms with Crippen LogP contribution in [0.3, 0.4) is 0 Å². The molecule has 1 amide bonds. The van der Waals surface area contributed by atoms with Gasteiger partial charge in [-0.05, 0) is 48.7 Å². The fourth-order valence-corrected chi connectivity index (χ4v) is 3.71. The van der Waals surface area contributed by atoms with Gasteiger partial charge in [0.25, 0.3) is 5.91 Å². The van der Waals surface area contributed by atoms with Gasteiger partial charge in [-0.3, -0.25) is 10.1 Å². The van der Waals surface area contributed by atoms with E-state index in [2.05, 4.69) is 39.4 Å². The van der Waals surface area contributed by atoms with Crippen LogP contribution < -0.4 is 5.32 Å². The van der Waals surface area contributed by atoms with Crippen molar-refractivity contribution >= 4 is 32.6 Å². The van der Waals surface area contributed by atoms with Crippen molar-refractivity contribution in [2.45, 2.75) is 26.2 Å². The number of carbonyl (C=O) groups is 1. The normalized spacial score (nSPS) is 11.0. The number of aromatic nitrogens is 4. The van der Waals surface area contributed by atoms with Crippen LogP contribution in [0.4, 0.5) is 5.13 Å². The van der Waals surface area contributed by atoms with Gasteiger partial charge in [-0.2, -0.15) is 5.10 Å². The van der Waals surface area contributed by atoms with Gasteiger partial charge in [0.05, 0.1) is 15.8 Å². The third kappa shape index (κ3) is 3.88. The van der Waals surface area contributed by atoms with Crippen LogP contribution in [0.2, 0.25) is 0 Å². The van der Waals surface area contributed by atoms with Crippen molar-refractivity contribution in [2.75, 3.05) is 5.32 Å². The van der Waals surface area contributed by atoms with Crippen molar-refractivity contribution in [1.82, 2.24) is 19.7 Å². The third-order valence-corrected chi connectivity index (χ3v) is 5.18. The van der Waals surface area contributed by atoms with E-state index in [4.69, 9.17) is 0 Å². The summed E-state index contributed by atoms with van der Waals surface area (Å²) in [6.45, 7) is 2.19. The third-order valence-electron chi connectivity index (χ3n) is 4.24. The number of hydrogen-bond donors (Lipinski definition) is 1. The average molecular weight is 377 g/mol. The largest absolute Gasteiger partial charge is 0.298 e. The molecule has 6 nitrogen and oxygen atoms in total. The fraction of sp³-hybridized carbons (Fsp3) is 0.200. The summed E-state index contributed by atoms with van der Waals surface area (Å²) in [7, 11) is 0. The highest BCUT2D eigenvalue weighted by molar-refractivity contribution is 7.22. The van der Waals surface area contributed by atoms with Crippen LogP contribution in [-0.4, -0.2) is 25.7 Å². The fourth-order valence-electron chi connectivity index (χ4n) is 2.79. The average Bonchev–Trinajstić information content (AvgIpc) is 3.35. The van der Waals surface area contributed by atoms with Crippen LogP contribution in [0.1, 0.15) is 35.7 Å². The van der Waals surface area contributed by atoms with Crippen LogP contribution in [-0.2, 0) is 6.42 Å². The Morgan fingerprint density at radius 1 is 1.26 bits per heavy atom. The highest BCUT2D eigenvalue weighted by Gasteiger charge is 2.11. The molecule has 0 saturated heterocycles. The van der Waals surface area contributed by atoms with Crippen LogP contribution in [0, 0.1) is 0 Å². The maximum absolute atomic E-state index is 12.5. The second kappa shape index (κ2) is 7.67. The number of nitrogens with one attached hydrogen (secondary N) is 1. The highest BCUT2D eigenvalue weighted by Crippen LogP contribution is 2.27. The number of benzene rings is 1. The Bertz CT molecular complexity index is 1050. The summed E-state index contributed by atoms with van der Waals surface area (Å²) in [5, 5.41) is 7.59. The Hall–Kier alpha value is -3.06. The van der Waals surface area contributed by atoms with E-state index in [0.717, 1.165) is 16.6 Å². The number of anilines is 1. The van der Waals surface area contributed by atoms with E-state index < -0.39 is 0 Å². The van der Waals surface area contributed by atoms with Crippen LogP contribution >= 0.6 is 11.3 Å². The Balaban J connectivity index is 1.48. The van der Waals surface area contributed by atoms with Crippen molar-refractivity contribution in [3.05, 3.63) is 66.1 Å².